The summed E-state index contributed by atoms with van der Waals surface area (Å²) in [4.78, 5) is 35.4. The first kappa shape index (κ1) is 17.2. The number of furan rings is 1. The average molecular weight is 400 g/mol. The summed E-state index contributed by atoms with van der Waals surface area (Å²) in [6, 6.07) is 6.58. The van der Waals surface area contributed by atoms with Crippen LogP contribution in [0.4, 0.5) is 0 Å². The molecule has 0 fully saturated rings. The fraction of sp³-hybridized carbons (Fsp3) is 0.214. The third-order valence-electron chi connectivity index (χ3n) is 2.72. The fourth-order valence-corrected chi connectivity index (χ4v) is 2.91. The largest absolute Gasteiger partial charge is 0.459 e. The van der Waals surface area contributed by atoms with Crippen LogP contribution in [0.15, 0.2) is 38.7 Å². The molecular formula is C14H14BrN3O4S. The van der Waals surface area contributed by atoms with Gasteiger partial charge < -0.3 is 9.73 Å². The standard InChI is InChI=1S/C14H14BrN3O4S/c15-11-6-5-10(23-11)14(21)18-17-12(19)4-1-7-16-13(20)9-3-2-8-22-9/h2-3,5-6,8H,1,4,7H2,(H,16,20)(H,17,19)(H,18,21). The summed E-state index contributed by atoms with van der Waals surface area (Å²) in [7, 11) is 0. The van der Waals surface area contributed by atoms with Gasteiger partial charge in [0.2, 0.25) is 5.91 Å². The van der Waals surface area contributed by atoms with Gasteiger partial charge in [0.1, 0.15) is 0 Å². The van der Waals surface area contributed by atoms with Crippen LogP contribution in [0.1, 0.15) is 33.1 Å². The van der Waals surface area contributed by atoms with E-state index >= 15 is 0 Å². The molecule has 0 aliphatic rings. The molecule has 2 heterocycles. The number of nitrogens with one attached hydrogen (secondary N) is 3. The normalized spacial score (nSPS) is 10.1. The summed E-state index contributed by atoms with van der Waals surface area (Å²) >= 11 is 4.53. The van der Waals surface area contributed by atoms with Crippen molar-refractivity contribution in [2.75, 3.05) is 6.54 Å². The molecule has 3 N–H and O–H groups in total. The van der Waals surface area contributed by atoms with E-state index in [0.717, 1.165) is 3.79 Å². The Labute approximate surface area is 144 Å². The van der Waals surface area contributed by atoms with Crippen molar-refractivity contribution in [2.45, 2.75) is 12.8 Å². The van der Waals surface area contributed by atoms with Gasteiger partial charge in [-0.1, -0.05) is 0 Å². The fourth-order valence-electron chi connectivity index (χ4n) is 1.63. The SMILES string of the molecule is O=C(CCCNC(=O)c1ccco1)NNC(=O)c1ccc(Br)s1. The summed E-state index contributed by atoms with van der Waals surface area (Å²) in [5, 5.41) is 2.63. The Morgan fingerprint density at radius 3 is 2.61 bits per heavy atom. The molecule has 0 saturated carbocycles. The molecule has 0 bridgehead atoms. The van der Waals surface area contributed by atoms with Crippen LogP contribution in [0.25, 0.3) is 0 Å². The van der Waals surface area contributed by atoms with Crippen molar-refractivity contribution in [1.82, 2.24) is 16.2 Å². The van der Waals surface area contributed by atoms with Crippen LogP contribution in [0, 0.1) is 0 Å². The number of rotatable bonds is 6. The lowest BCUT2D eigenvalue weighted by Gasteiger charge is -2.06. The van der Waals surface area contributed by atoms with E-state index in [1.807, 2.05) is 0 Å². The highest BCUT2D eigenvalue weighted by molar-refractivity contribution is 9.11. The molecule has 122 valence electrons. The van der Waals surface area contributed by atoms with Gasteiger partial charge in [-0.3, -0.25) is 25.2 Å². The van der Waals surface area contributed by atoms with E-state index in [0.29, 0.717) is 17.8 Å². The van der Waals surface area contributed by atoms with Crippen LogP contribution >= 0.6 is 27.3 Å². The van der Waals surface area contributed by atoms with Crippen molar-refractivity contribution in [3.63, 3.8) is 0 Å². The van der Waals surface area contributed by atoms with Crippen molar-refractivity contribution in [3.8, 4) is 0 Å². The van der Waals surface area contributed by atoms with E-state index < -0.39 is 0 Å². The molecule has 7 nitrogen and oxygen atoms in total. The number of thiophene rings is 1. The monoisotopic (exact) mass is 399 g/mol. The van der Waals surface area contributed by atoms with Gasteiger partial charge in [-0.15, -0.1) is 11.3 Å². The lowest BCUT2D eigenvalue weighted by atomic mass is 10.3. The lowest BCUT2D eigenvalue weighted by Crippen LogP contribution is -2.41. The molecule has 3 amide bonds. The number of halogens is 1. The number of carbonyl (C=O) groups excluding carboxylic acids is 3. The number of carbonyl (C=O) groups is 3. The van der Waals surface area contributed by atoms with Gasteiger partial charge in [0.15, 0.2) is 5.76 Å². The maximum absolute atomic E-state index is 11.7. The summed E-state index contributed by atoms with van der Waals surface area (Å²) in [5.74, 6) is -0.808. The van der Waals surface area contributed by atoms with Crippen LogP contribution < -0.4 is 16.2 Å². The van der Waals surface area contributed by atoms with Gasteiger partial charge in [-0.2, -0.15) is 0 Å². The third kappa shape index (κ3) is 5.53. The predicted octanol–water partition coefficient (Wildman–Crippen LogP) is 2.07. The molecule has 23 heavy (non-hydrogen) atoms. The molecule has 0 aromatic carbocycles. The van der Waals surface area contributed by atoms with E-state index in [9.17, 15) is 14.4 Å². The van der Waals surface area contributed by atoms with Gasteiger partial charge in [0.05, 0.1) is 14.9 Å². The zero-order valence-electron chi connectivity index (χ0n) is 11.9. The summed E-state index contributed by atoms with van der Waals surface area (Å²) in [6.45, 7) is 0.332. The van der Waals surface area contributed by atoms with Crippen molar-refractivity contribution in [2.24, 2.45) is 0 Å². The summed E-state index contributed by atoms with van der Waals surface area (Å²) < 4.78 is 5.78. The molecule has 2 aromatic heterocycles. The lowest BCUT2D eigenvalue weighted by molar-refractivity contribution is -0.121. The molecule has 0 unspecified atom stereocenters. The van der Waals surface area contributed by atoms with Crippen molar-refractivity contribution >= 4 is 45.0 Å². The highest BCUT2D eigenvalue weighted by atomic mass is 79.9. The van der Waals surface area contributed by atoms with Gasteiger partial charge in [0, 0.05) is 13.0 Å². The Hall–Kier alpha value is -2.13. The Kier molecular flexibility index (Phi) is 6.36. The van der Waals surface area contributed by atoms with Crippen LogP contribution in [0.2, 0.25) is 0 Å². The molecule has 2 rings (SSSR count). The van der Waals surface area contributed by atoms with Gasteiger partial charge in [0.25, 0.3) is 11.8 Å². The van der Waals surface area contributed by atoms with E-state index in [1.165, 1.54) is 17.6 Å². The zero-order chi connectivity index (χ0) is 16.7. The summed E-state index contributed by atoms with van der Waals surface area (Å²) in [6.07, 6.45) is 2.03. The maximum atomic E-state index is 11.7. The van der Waals surface area contributed by atoms with E-state index in [1.54, 1.807) is 24.3 Å². The second-order valence-corrected chi connectivity index (χ2v) is 6.91. The number of amides is 3. The van der Waals surface area contributed by atoms with Gasteiger partial charge >= 0.3 is 0 Å². The molecule has 9 heteroatoms. The minimum absolute atomic E-state index is 0.173. The molecule has 0 aliphatic heterocycles. The van der Waals surface area contributed by atoms with Crippen molar-refractivity contribution in [1.29, 1.82) is 0 Å². The minimum atomic E-state index is -0.375. The van der Waals surface area contributed by atoms with E-state index in [2.05, 4.69) is 32.1 Å². The predicted molar refractivity (Wildman–Crippen MR) is 87.9 cm³/mol. The van der Waals surface area contributed by atoms with E-state index in [-0.39, 0.29) is 29.9 Å². The van der Waals surface area contributed by atoms with Crippen LogP contribution in [-0.4, -0.2) is 24.3 Å². The van der Waals surface area contributed by atoms with Crippen molar-refractivity contribution < 1.29 is 18.8 Å². The first-order chi connectivity index (χ1) is 11.1. The Morgan fingerprint density at radius 2 is 1.96 bits per heavy atom. The second-order valence-electron chi connectivity index (χ2n) is 4.44. The topological polar surface area (TPSA) is 100 Å². The third-order valence-corrected chi connectivity index (χ3v) is 4.35. The molecule has 0 saturated heterocycles. The van der Waals surface area contributed by atoms with Crippen LogP contribution in [0.3, 0.4) is 0 Å². The van der Waals surface area contributed by atoms with Gasteiger partial charge in [-0.25, -0.2) is 0 Å². The number of hydrazine groups is 1. The zero-order valence-corrected chi connectivity index (χ0v) is 14.3. The first-order valence-electron chi connectivity index (χ1n) is 6.72. The van der Waals surface area contributed by atoms with Crippen molar-refractivity contribution in [3.05, 3.63) is 45.0 Å². The minimum Gasteiger partial charge on any atom is -0.459 e. The second kappa shape index (κ2) is 8.49. The van der Waals surface area contributed by atoms with E-state index in [4.69, 9.17) is 4.42 Å². The summed E-state index contributed by atoms with van der Waals surface area (Å²) in [5.41, 5.74) is 4.66. The average Bonchev–Trinajstić information content (AvgIpc) is 3.20. The van der Waals surface area contributed by atoms with Gasteiger partial charge in [-0.05, 0) is 46.6 Å². The maximum Gasteiger partial charge on any atom is 0.286 e. The Bertz CT molecular complexity index is 684. The molecule has 2 aromatic rings. The molecule has 0 aliphatic carbocycles. The smallest absolute Gasteiger partial charge is 0.286 e. The Morgan fingerprint density at radius 1 is 1.13 bits per heavy atom. The first-order valence-corrected chi connectivity index (χ1v) is 8.33. The molecular weight excluding hydrogens is 386 g/mol. The molecule has 0 atom stereocenters. The number of hydrogen-bond donors (Lipinski definition) is 3. The van der Waals surface area contributed by atoms with Crippen LogP contribution in [-0.2, 0) is 4.79 Å². The Balaban J connectivity index is 1.60. The molecule has 0 radical (unpaired) electrons. The number of hydrogen-bond acceptors (Lipinski definition) is 5. The highest BCUT2D eigenvalue weighted by Crippen LogP contribution is 2.21. The quantitative estimate of drug-likeness (QED) is 0.511. The highest BCUT2D eigenvalue weighted by Gasteiger charge is 2.10. The van der Waals surface area contributed by atoms with Crippen LogP contribution in [0.5, 0.6) is 0 Å². The molecule has 0 spiro atoms.